The summed E-state index contributed by atoms with van der Waals surface area (Å²) in [6, 6.07) is 9.43. The summed E-state index contributed by atoms with van der Waals surface area (Å²) < 4.78 is 5.59. The SMILES string of the molecule is COC(=O)c1c(C#N)sc2ccccc12. The predicted molar refractivity (Wildman–Crippen MR) is 57.9 cm³/mol. The maximum absolute atomic E-state index is 11.5. The molecule has 3 nitrogen and oxygen atoms in total. The lowest BCUT2D eigenvalue weighted by molar-refractivity contribution is 0.0603. The molecule has 0 N–H and O–H groups in total. The van der Waals surface area contributed by atoms with Gasteiger partial charge in [0.15, 0.2) is 0 Å². The number of ether oxygens (including phenoxy) is 1. The van der Waals surface area contributed by atoms with Gasteiger partial charge in [-0.1, -0.05) is 18.2 Å². The van der Waals surface area contributed by atoms with Crippen LogP contribution < -0.4 is 0 Å². The van der Waals surface area contributed by atoms with Gasteiger partial charge in [0.1, 0.15) is 10.9 Å². The van der Waals surface area contributed by atoms with Gasteiger partial charge in [-0.2, -0.15) is 5.26 Å². The van der Waals surface area contributed by atoms with Crippen LogP contribution in [0.25, 0.3) is 10.1 Å². The number of methoxy groups -OCH3 is 1. The molecule has 0 aliphatic heterocycles. The molecule has 15 heavy (non-hydrogen) atoms. The van der Waals surface area contributed by atoms with Crippen molar-refractivity contribution in [2.45, 2.75) is 0 Å². The van der Waals surface area contributed by atoms with Gasteiger partial charge in [-0.25, -0.2) is 4.79 Å². The Balaban J connectivity index is 2.79. The second-order valence-corrected chi connectivity index (χ2v) is 3.96. The third-order valence-corrected chi connectivity index (χ3v) is 3.16. The molecule has 0 fully saturated rings. The van der Waals surface area contributed by atoms with Crippen LogP contribution in [0.15, 0.2) is 24.3 Å². The molecule has 74 valence electrons. The summed E-state index contributed by atoms with van der Waals surface area (Å²) in [4.78, 5) is 11.9. The number of hydrogen-bond acceptors (Lipinski definition) is 4. The summed E-state index contributed by atoms with van der Waals surface area (Å²) in [7, 11) is 1.32. The first-order chi connectivity index (χ1) is 7.27. The van der Waals surface area contributed by atoms with Gasteiger partial charge >= 0.3 is 5.97 Å². The van der Waals surface area contributed by atoms with Crippen LogP contribution in [0.3, 0.4) is 0 Å². The minimum atomic E-state index is -0.455. The average molecular weight is 217 g/mol. The van der Waals surface area contributed by atoms with Crippen molar-refractivity contribution >= 4 is 27.4 Å². The number of hydrogen-bond donors (Lipinski definition) is 0. The molecule has 0 spiro atoms. The van der Waals surface area contributed by atoms with Gasteiger partial charge in [-0.3, -0.25) is 0 Å². The van der Waals surface area contributed by atoms with Crippen LogP contribution in [-0.4, -0.2) is 13.1 Å². The number of benzene rings is 1. The zero-order valence-corrected chi connectivity index (χ0v) is 8.80. The van der Waals surface area contributed by atoms with Crippen molar-refractivity contribution in [3.05, 3.63) is 34.7 Å². The highest BCUT2D eigenvalue weighted by Crippen LogP contribution is 2.30. The maximum atomic E-state index is 11.5. The maximum Gasteiger partial charge on any atom is 0.340 e. The summed E-state index contributed by atoms with van der Waals surface area (Å²) in [5.74, 6) is -0.455. The summed E-state index contributed by atoms with van der Waals surface area (Å²) in [5.41, 5.74) is 0.376. The Hall–Kier alpha value is -1.86. The van der Waals surface area contributed by atoms with Gasteiger partial charge in [0, 0.05) is 10.1 Å². The molecular weight excluding hydrogens is 210 g/mol. The summed E-state index contributed by atoms with van der Waals surface area (Å²) in [5, 5.41) is 9.70. The first-order valence-electron chi connectivity index (χ1n) is 4.28. The first-order valence-corrected chi connectivity index (χ1v) is 5.09. The Morgan fingerprint density at radius 2 is 2.20 bits per heavy atom. The average Bonchev–Trinajstić information content (AvgIpc) is 2.66. The molecule has 4 heteroatoms. The second kappa shape index (κ2) is 3.71. The Morgan fingerprint density at radius 1 is 1.47 bits per heavy atom. The number of carbonyl (C=O) groups excluding carboxylic acids is 1. The number of rotatable bonds is 1. The molecule has 0 aliphatic rings. The van der Waals surface area contributed by atoms with E-state index in [1.54, 1.807) is 0 Å². The molecule has 0 bridgehead atoms. The van der Waals surface area contributed by atoms with E-state index in [0.717, 1.165) is 10.1 Å². The van der Waals surface area contributed by atoms with E-state index in [9.17, 15) is 4.79 Å². The van der Waals surface area contributed by atoms with Crippen molar-refractivity contribution in [1.82, 2.24) is 0 Å². The van der Waals surface area contributed by atoms with E-state index in [2.05, 4.69) is 4.74 Å². The smallest absolute Gasteiger partial charge is 0.340 e. The Kier molecular flexibility index (Phi) is 2.40. The Bertz CT molecular complexity index is 565. The lowest BCUT2D eigenvalue weighted by Gasteiger charge is -1.96. The first kappa shape index (κ1) is 9.69. The van der Waals surface area contributed by atoms with Crippen LogP contribution in [0.4, 0.5) is 0 Å². The molecule has 0 radical (unpaired) electrons. The largest absolute Gasteiger partial charge is 0.465 e. The number of thiophene rings is 1. The Morgan fingerprint density at radius 3 is 2.87 bits per heavy atom. The summed E-state index contributed by atoms with van der Waals surface area (Å²) >= 11 is 1.31. The molecular formula is C11H7NO2S. The van der Waals surface area contributed by atoms with Gasteiger partial charge in [0.05, 0.1) is 12.7 Å². The minimum absolute atomic E-state index is 0.376. The van der Waals surface area contributed by atoms with Crippen LogP contribution in [0, 0.1) is 11.3 Å². The minimum Gasteiger partial charge on any atom is -0.465 e. The monoisotopic (exact) mass is 217 g/mol. The predicted octanol–water partition coefficient (Wildman–Crippen LogP) is 2.56. The van der Waals surface area contributed by atoms with Crippen molar-refractivity contribution in [3.8, 4) is 6.07 Å². The van der Waals surface area contributed by atoms with Crippen molar-refractivity contribution in [1.29, 1.82) is 5.26 Å². The van der Waals surface area contributed by atoms with Gasteiger partial charge < -0.3 is 4.74 Å². The van der Waals surface area contributed by atoms with Crippen molar-refractivity contribution in [2.24, 2.45) is 0 Å². The van der Waals surface area contributed by atoms with Gasteiger partial charge in [0.2, 0.25) is 0 Å². The van der Waals surface area contributed by atoms with E-state index < -0.39 is 5.97 Å². The summed E-state index contributed by atoms with van der Waals surface area (Å²) in [6.07, 6.45) is 0. The normalized spacial score (nSPS) is 9.87. The van der Waals surface area contributed by atoms with Crippen LogP contribution >= 0.6 is 11.3 Å². The van der Waals surface area contributed by atoms with Crippen LogP contribution in [0.2, 0.25) is 0 Å². The number of carbonyl (C=O) groups is 1. The zero-order valence-electron chi connectivity index (χ0n) is 7.98. The van der Waals surface area contributed by atoms with E-state index >= 15 is 0 Å². The van der Waals surface area contributed by atoms with E-state index in [4.69, 9.17) is 5.26 Å². The summed E-state index contributed by atoms with van der Waals surface area (Å²) in [6.45, 7) is 0. The fraction of sp³-hybridized carbons (Fsp3) is 0.0909. The highest BCUT2D eigenvalue weighted by atomic mass is 32.1. The van der Waals surface area contributed by atoms with Crippen molar-refractivity contribution in [3.63, 3.8) is 0 Å². The zero-order chi connectivity index (χ0) is 10.8. The van der Waals surface area contributed by atoms with Crippen LogP contribution in [0.1, 0.15) is 15.2 Å². The van der Waals surface area contributed by atoms with Crippen LogP contribution in [-0.2, 0) is 4.74 Å². The van der Waals surface area contributed by atoms with Gasteiger partial charge in [0.25, 0.3) is 0 Å². The molecule has 1 heterocycles. The van der Waals surface area contributed by atoms with Crippen molar-refractivity contribution in [2.75, 3.05) is 7.11 Å². The van der Waals surface area contributed by atoms with Gasteiger partial charge in [-0.05, 0) is 6.07 Å². The van der Waals surface area contributed by atoms with E-state index in [1.807, 2.05) is 30.3 Å². The highest BCUT2D eigenvalue weighted by molar-refractivity contribution is 7.20. The number of nitrogens with zero attached hydrogens (tertiary/aromatic N) is 1. The number of nitriles is 1. The molecule has 1 aromatic carbocycles. The molecule has 1 aromatic heterocycles. The lowest BCUT2D eigenvalue weighted by atomic mass is 10.1. The van der Waals surface area contributed by atoms with Gasteiger partial charge in [-0.15, -0.1) is 11.3 Å². The van der Waals surface area contributed by atoms with E-state index in [0.29, 0.717) is 10.4 Å². The Labute approximate surface area is 90.5 Å². The number of fused-ring (bicyclic) bond motifs is 1. The third kappa shape index (κ3) is 1.47. The fourth-order valence-corrected chi connectivity index (χ4v) is 2.42. The molecule has 0 atom stereocenters. The topological polar surface area (TPSA) is 50.1 Å². The molecule has 0 amide bonds. The standard InChI is InChI=1S/C11H7NO2S/c1-14-11(13)10-7-4-2-3-5-8(7)15-9(10)6-12/h2-5H,1H3. The molecule has 2 rings (SSSR count). The van der Waals surface area contributed by atoms with E-state index in [1.165, 1.54) is 18.4 Å². The second-order valence-electron chi connectivity index (χ2n) is 2.91. The molecule has 0 saturated carbocycles. The van der Waals surface area contributed by atoms with Crippen LogP contribution in [0.5, 0.6) is 0 Å². The lowest BCUT2D eigenvalue weighted by Crippen LogP contribution is -2.01. The van der Waals surface area contributed by atoms with Crippen molar-refractivity contribution < 1.29 is 9.53 Å². The molecule has 0 aliphatic carbocycles. The molecule has 0 unspecified atom stereocenters. The van der Waals surface area contributed by atoms with E-state index in [-0.39, 0.29) is 0 Å². The molecule has 2 aromatic rings. The third-order valence-electron chi connectivity index (χ3n) is 2.09. The fourth-order valence-electron chi connectivity index (χ4n) is 1.43. The molecule has 0 saturated heterocycles. The quantitative estimate of drug-likeness (QED) is 0.690. The highest BCUT2D eigenvalue weighted by Gasteiger charge is 2.18. The number of esters is 1.